The van der Waals surface area contributed by atoms with Gasteiger partial charge >= 0.3 is 0 Å². The van der Waals surface area contributed by atoms with Gasteiger partial charge in [0.25, 0.3) is 5.91 Å². The second kappa shape index (κ2) is 6.48. The fourth-order valence-electron chi connectivity index (χ4n) is 3.26. The fourth-order valence-corrected chi connectivity index (χ4v) is 7.19. The van der Waals surface area contributed by atoms with Crippen LogP contribution in [0.4, 0.5) is 5.69 Å². The average Bonchev–Trinajstić information content (AvgIpc) is 3.05. The Morgan fingerprint density at radius 2 is 2.08 bits per heavy atom. The number of ether oxygens (including phenoxy) is 2. The first-order valence-electron chi connectivity index (χ1n) is 8.01. The van der Waals surface area contributed by atoms with Gasteiger partial charge in [-0.15, -0.1) is 0 Å². The van der Waals surface area contributed by atoms with Crippen molar-refractivity contribution >= 4 is 38.4 Å². The monoisotopic (exact) mass is 393 g/mol. The Bertz CT molecular complexity index is 938. The summed E-state index contributed by atoms with van der Waals surface area (Å²) >= 11 is 1.27. The van der Waals surface area contributed by atoms with Crippen molar-refractivity contribution in [2.24, 2.45) is 4.99 Å². The van der Waals surface area contributed by atoms with Crippen LogP contribution in [-0.2, 0) is 14.6 Å². The second-order valence-electron chi connectivity index (χ2n) is 6.12. The van der Waals surface area contributed by atoms with Gasteiger partial charge in [-0.2, -0.15) is 10.3 Å². The van der Waals surface area contributed by atoms with E-state index in [0.29, 0.717) is 35.6 Å². The number of carbonyl (C=O) groups is 1. The molecule has 0 aromatic heterocycles. The smallest absolute Gasteiger partial charge is 0.262 e. The first-order valence-corrected chi connectivity index (χ1v) is 10.7. The van der Waals surface area contributed by atoms with E-state index in [1.165, 1.54) is 11.8 Å². The van der Waals surface area contributed by atoms with Crippen LogP contribution >= 0.6 is 11.8 Å². The number of fused-ring (bicyclic) bond motifs is 2. The maximum absolute atomic E-state index is 12.1. The summed E-state index contributed by atoms with van der Waals surface area (Å²) in [5.41, 5.74) is 0.690. The lowest BCUT2D eigenvalue weighted by molar-refractivity contribution is -0.116. The highest BCUT2D eigenvalue weighted by Crippen LogP contribution is 2.43. The SMILES string of the molecule is N#CCC(=O)N=C1S[C@@H]2CS(=O)(=O)C[C@H]2N1c1ccc2c(c1)OCCO2. The molecule has 10 heteroatoms. The number of thioether (sulfide) groups is 1. The predicted octanol–water partition coefficient (Wildman–Crippen LogP) is 0.973. The van der Waals surface area contributed by atoms with Crippen LogP contribution in [0.5, 0.6) is 11.5 Å². The Hall–Kier alpha value is -2.25. The van der Waals surface area contributed by atoms with Gasteiger partial charge in [0, 0.05) is 17.0 Å². The molecular formula is C16H15N3O5S2. The van der Waals surface area contributed by atoms with Crippen molar-refractivity contribution in [3.05, 3.63) is 18.2 Å². The third kappa shape index (κ3) is 3.12. The molecule has 3 heterocycles. The lowest BCUT2D eigenvalue weighted by atomic mass is 10.2. The van der Waals surface area contributed by atoms with Gasteiger partial charge in [-0.05, 0) is 12.1 Å². The number of nitrogens with zero attached hydrogens (tertiary/aromatic N) is 3. The first kappa shape index (κ1) is 17.2. The minimum Gasteiger partial charge on any atom is -0.486 e. The molecule has 8 nitrogen and oxygen atoms in total. The molecule has 1 aromatic rings. The Labute approximate surface area is 154 Å². The van der Waals surface area contributed by atoms with E-state index in [0.717, 1.165) is 0 Å². The molecule has 0 saturated carbocycles. The molecule has 2 fully saturated rings. The summed E-state index contributed by atoms with van der Waals surface area (Å²) in [5, 5.41) is 8.92. The van der Waals surface area contributed by atoms with Gasteiger partial charge in [0.1, 0.15) is 19.6 Å². The molecule has 136 valence electrons. The Balaban J connectivity index is 1.73. The van der Waals surface area contributed by atoms with Gasteiger partial charge in [-0.25, -0.2) is 8.42 Å². The number of amidine groups is 1. The second-order valence-corrected chi connectivity index (χ2v) is 9.48. The molecule has 2 saturated heterocycles. The number of sulfone groups is 1. The van der Waals surface area contributed by atoms with Gasteiger partial charge in [-0.1, -0.05) is 11.8 Å². The molecule has 1 amide bonds. The van der Waals surface area contributed by atoms with Gasteiger partial charge in [0.2, 0.25) is 0 Å². The molecule has 3 aliphatic heterocycles. The first-order chi connectivity index (χ1) is 12.5. The largest absolute Gasteiger partial charge is 0.486 e. The highest BCUT2D eigenvalue weighted by Gasteiger charge is 2.49. The summed E-state index contributed by atoms with van der Waals surface area (Å²) < 4.78 is 35.2. The normalized spacial score (nSPS) is 27.2. The van der Waals surface area contributed by atoms with Gasteiger partial charge in [0.05, 0.1) is 23.6 Å². The number of carbonyl (C=O) groups excluding carboxylic acids is 1. The molecule has 0 unspecified atom stereocenters. The number of anilines is 1. The number of nitriles is 1. The Morgan fingerprint density at radius 1 is 1.31 bits per heavy atom. The number of benzene rings is 1. The van der Waals surface area contributed by atoms with E-state index in [9.17, 15) is 13.2 Å². The summed E-state index contributed by atoms with van der Waals surface area (Å²) in [4.78, 5) is 17.7. The van der Waals surface area contributed by atoms with Crippen LogP contribution in [0, 0.1) is 11.3 Å². The lowest BCUT2D eigenvalue weighted by Crippen LogP contribution is -2.37. The fraction of sp³-hybridized carbons (Fsp3) is 0.438. The third-order valence-corrected chi connectivity index (χ3v) is 7.53. The molecule has 3 aliphatic rings. The van der Waals surface area contributed by atoms with Crippen molar-refractivity contribution in [3.8, 4) is 17.6 Å². The van der Waals surface area contributed by atoms with Crippen molar-refractivity contribution < 1.29 is 22.7 Å². The number of rotatable bonds is 2. The summed E-state index contributed by atoms with van der Waals surface area (Å²) in [6.45, 7) is 0.914. The van der Waals surface area contributed by atoms with E-state index in [1.807, 2.05) is 0 Å². The molecule has 0 spiro atoms. The molecular weight excluding hydrogens is 378 g/mol. The van der Waals surface area contributed by atoms with Gasteiger partial charge in [-0.3, -0.25) is 4.79 Å². The van der Waals surface area contributed by atoms with E-state index in [1.54, 1.807) is 29.2 Å². The summed E-state index contributed by atoms with van der Waals surface area (Å²) in [6, 6.07) is 6.81. The Morgan fingerprint density at radius 3 is 2.85 bits per heavy atom. The van der Waals surface area contributed by atoms with Gasteiger partial charge < -0.3 is 14.4 Å². The van der Waals surface area contributed by atoms with Crippen LogP contribution in [0.15, 0.2) is 23.2 Å². The molecule has 0 bridgehead atoms. The van der Waals surface area contributed by atoms with Crippen molar-refractivity contribution in [2.45, 2.75) is 17.7 Å². The van der Waals surface area contributed by atoms with Crippen LogP contribution < -0.4 is 14.4 Å². The minimum absolute atomic E-state index is 0.00453. The van der Waals surface area contributed by atoms with Crippen LogP contribution in [0.25, 0.3) is 0 Å². The lowest BCUT2D eigenvalue weighted by Gasteiger charge is -2.26. The van der Waals surface area contributed by atoms with Gasteiger partial charge in [0.15, 0.2) is 26.5 Å². The molecule has 2 atom stereocenters. The Kier molecular flexibility index (Phi) is 4.28. The zero-order valence-corrected chi connectivity index (χ0v) is 15.3. The molecule has 0 radical (unpaired) electrons. The van der Waals surface area contributed by atoms with Crippen molar-refractivity contribution in [1.82, 2.24) is 0 Å². The molecule has 4 rings (SSSR count). The zero-order chi connectivity index (χ0) is 18.3. The van der Waals surface area contributed by atoms with Crippen LogP contribution in [-0.4, -0.2) is 55.5 Å². The van der Waals surface area contributed by atoms with Crippen molar-refractivity contribution in [2.75, 3.05) is 29.6 Å². The topological polar surface area (TPSA) is 109 Å². The molecule has 0 aliphatic carbocycles. The van der Waals surface area contributed by atoms with E-state index < -0.39 is 15.7 Å². The number of hydrogen-bond acceptors (Lipinski definition) is 7. The number of amides is 1. The van der Waals surface area contributed by atoms with Crippen LogP contribution in [0.1, 0.15) is 6.42 Å². The third-order valence-electron chi connectivity index (χ3n) is 4.32. The van der Waals surface area contributed by atoms with Crippen LogP contribution in [0.2, 0.25) is 0 Å². The van der Waals surface area contributed by atoms with E-state index in [-0.39, 0.29) is 29.2 Å². The summed E-state index contributed by atoms with van der Waals surface area (Å²) in [7, 11) is -3.14. The summed E-state index contributed by atoms with van der Waals surface area (Å²) in [5.74, 6) is 0.715. The van der Waals surface area contributed by atoms with Crippen LogP contribution in [0.3, 0.4) is 0 Å². The molecule has 1 aromatic carbocycles. The standard InChI is InChI=1S/C16H15N3O5S2/c17-4-3-15(20)18-16-19(11-8-26(21,22)9-14(11)25-16)10-1-2-12-13(7-10)24-6-5-23-12/h1-2,7,11,14H,3,5-6,8-9H2/t11-,14-/m1/s1. The quantitative estimate of drug-likeness (QED) is 0.731. The highest BCUT2D eigenvalue weighted by atomic mass is 32.2. The minimum atomic E-state index is -3.14. The molecule has 26 heavy (non-hydrogen) atoms. The zero-order valence-electron chi connectivity index (χ0n) is 13.6. The van der Waals surface area contributed by atoms with E-state index in [2.05, 4.69) is 4.99 Å². The number of aliphatic imine (C=N–C) groups is 1. The number of hydrogen-bond donors (Lipinski definition) is 0. The maximum atomic E-state index is 12.1. The van der Waals surface area contributed by atoms with E-state index >= 15 is 0 Å². The van der Waals surface area contributed by atoms with E-state index in [4.69, 9.17) is 14.7 Å². The maximum Gasteiger partial charge on any atom is 0.262 e. The van der Waals surface area contributed by atoms with Crippen molar-refractivity contribution in [1.29, 1.82) is 5.26 Å². The highest BCUT2D eigenvalue weighted by molar-refractivity contribution is 8.16. The summed E-state index contributed by atoms with van der Waals surface area (Å²) in [6.07, 6.45) is -0.313. The van der Waals surface area contributed by atoms with Crippen molar-refractivity contribution in [3.63, 3.8) is 0 Å². The molecule has 0 N–H and O–H groups in total. The average molecular weight is 393 g/mol. The predicted molar refractivity (Wildman–Crippen MR) is 96.4 cm³/mol.